The van der Waals surface area contributed by atoms with E-state index >= 15 is 0 Å². The smallest absolute Gasteiger partial charge is 0.192 e. The van der Waals surface area contributed by atoms with E-state index in [1.165, 1.54) is 0 Å². The minimum Gasteiger partial charge on any atom is -0.410 e. The molecule has 2 atom stereocenters. The van der Waals surface area contributed by atoms with Gasteiger partial charge in [0.1, 0.15) is 0 Å². The van der Waals surface area contributed by atoms with Gasteiger partial charge in [-0.05, 0) is 25.1 Å². The van der Waals surface area contributed by atoms with Gasteiger partial charge in [-0.2, -0.15) is 0 Å². The molecule has 0 heterocycles. The van der Waals surface area contributed by atoms with Crippen LogP contribution in [0.3, 0.4) is 0 Å². The molecule has 0 radical (unpaired) electrons. The van der Waals surface area contributed by atoms with Gasteiger partial charge < -0.3 is 9.53 Å². The van der Waals surface area contributed by atoms with Crippen LogP contribution in [0.1, 0.15) is 34.6 Å². The lowest BCUT2D eigenvalue weighted by Crippen LogP contribution is -2.43. The molecule has 0 unspecified atom stereocenters. The lowest BCUT2D eigenvalue weighted by molar-refractivity contribution is 0.113. The summed E-state index contributed by atoms with van der Waals surface area (Å²) in [5, 5.41) is 9.26. The van der Waals surface area contributed by atoms with Gasteiger partial charge in [0.05, 0.1) is 6.10 Å². The molecule has 0 bridgehead atoms. The lowest BCUT2D eigenvalue weighted by atomic mass is 10.0. The third-order valence-electron chi connectivity index (χ3n) is 3.60. The minimum atomic E-state index is -1.59. The summed E-state index contributed by atoms with van der Waals surface area (Å²) in [5.74, 6) is 0.147. The minimum absolute atomic E-state index is 0.0246. The highest BCUT2D eigenvalue weighted by molar-refractivity contribution is 6.73. The summed E-state index contributed by atoms with van der Waals surface area (Å²) < 4.78 is 6.38. The number of rotatable bonds is 8. The molecule has 0 aromatic carbocycles. The molecule has 1 N–H and O–H groups in total. The van der Waals surface area contributed by atoms with Crippen molar-refractivity contribution in [1.29, 1.82) is 0 Å². The van der Waals surface area contributed by atoms with E-state index in [1.54, 1.807) is 0 Å². The predicted molar refractivity (Wildman–Crippen MR) is 73.1 cm³/mol. The van der Waals surface area contributed by atoms with E-state index in [1.807, 2.05) is 13.8 Å². The quantitative estimate of drug-likeness (QED) is 0.522. The van der Waals surface area contributed by atoms with E-state index in [4.69, 9.17) is 4.43 Å². The van der Waals surface area contributed by atoms with Crippen molar-refractivity contribution in [1.82, 2.24) is 0 Å². The second kappa shape index (κ2) is 7.25. The zero-order chi connectivity index (χ0) is 12.8. The van der Waals surface area contributed by atoms with E-state index in [2.05, 4.69) is 27.4 Å². The van der Waals surface area contributed by atoms with Gasteiger partial charge in [0.2, 0.25) is 0 Å². The molecule has 0 aliphatic carbocycles. The first-order valence-electron chi connectivity index (χ1n) is 6.40. The van der Waals surface area contributed by atoms with Crippen molar-refractivity contribution in [3.63, 3.8) is 0 Å². The van der Waals surface area contributed by atoms with Crippen LogP contribution in [0.4, 0.5) is 0 Å². The molecule has 0 saturated carbocycles. The van der Waals surface area contributed by atoms with Crippen LogP contribution >= 0.6 is 0 Å². The maximum atomic E-state index is 9.26. The Labute approximate surface area is 102 Å². The Hall–Kier alpha value is -0.123. The first-order valence-corrected chi connectivity index (χ1v) is 8.93. The summed E-state index contributed by atoms with van der Waals surface area (Å²) in [7, 11) is -1.59. The number of aliphatic hydroxyl groups excluding tert-OH is 1. The monoisotopic (exact) mass is 244 g/mol. The van der Waals surface area contributed by atoms with Crippen molar-refractivity contribution < 1.29 is 9.53 Å². The van der Waals surface area contributed by atoms with Gasteiger partial charge in [-0.25, -0.2) is 0 Å². The SMILES string of the molecule is C=C(C)[C@H](O[Si](CC)(CC)CC)[C@@H](C)CO. The van der Waals surface area contributed by atoms with Crippen LogP contribution in [0.5, 0.6) is 0 Å². The Balaban J connectivity index is 4.77. The van der Waals surface area contributed by atoms with Crippen molar-refractivity contribution in [2.45, 2.75) is 58.9 Å². The maximum absolute atomic E-state index is 9.26. The van der Waals surface area contributed by atoms with E-state index in [0.29, 0.717) is 0 Å². The maximum Gasteiger partial charge on any atom is 0.192 e. The summed E-state index contributed by atoms with van der Waals surface area (Å²) in [6, 6.07) is 3.42. The second-order valence-electron chi connectivity index (χ2n) is 4.79. The van der Waals surface area contributed by atoms with E-state index in [9.17, 15) is 5.11 Å². The third-order valence-corrected chi connectivity index (χ3v) is 8.22. The largest absolute Gasteiger partial charge is 0.410 e. The molecule has 0 saturated heterocycles. The van der Waals surface area contributed by atoms with Crippen LogP contribution in [0.25, 0.3) is 0 Å². The number of aliphatic hydroxyl groups is 1. The fourth-order valence-electron chi connectivity index (χ4n) is 2.07. The highest BCUT2D eigenvalue weighted by atomic mass is 28.4. The average Bonchev–Trinajstić information content (AvgIpc) is 2.30. The molecular formula is C13H28O2Si. The number of hydrogen-bond donors (Lipinski definition) is 1. The molecule has 0 spiro atoms. The van der Waals surface area contributed by atoms with Crippen molar-refractivity contribution in [2.75, 3.05) is 6.61 Å². The molecule has 0 aliphatic heterocycles. The number of hydrogen-bond acceptors (Lipinski definition) is 2. The zero-order valence-electron chi connectivity index (χ0n) is 11.5. The molecule has 0 aromatic rings. The summed E-state index contributed by atoms with van der Waals surface area (Å²) in [4.78, 5) is 0. The van der Waals surface area contributed by atoms with Crippen LogP contribution in [0, 0.1) is 5.92 Å². The normalized spacial score (nSPS) is 15.9. The van der Waals surface area contributed by atoms with Gasteiger partial charge in [0.25, 0.3) is 0 Å². The van der Waals surface area contributed by atoms with Crippen LogP contribution < -0.4 is 0 Å². The predicted octanol–water partition coefficient (Wildman–Crippen LogP) is 3.58. The van der Waals surface area contributed by atoms with E-state index < -0.39 is 8.32 Å². The fraction of sp³-hybridized carbons (Fsp3) is 0.846. The average molecular weight is 244 g/mol. The van der Waals surface area contributed by atoms with Crippen molar-refractivity contribution in [2.24, 2.45) is 5.92 Å². The van der Waals surface area contributed by atoms with Crippen molar-refractivity contribution in [3.8, 4) is 0 Å². The zero-order valence-corrected chi connectivity index (χ0v) is 12.5. The Kier molecular flexibility index (Phi) is 7.20. The second-order valence-corrected chi connectivity index (χ2v) is 9.51. The van der Waals surface area contributed by atoms with Gasteiger partial charge in [-0.1, -0.05) is 39.8 Å². The Bertz CT molecular complexity index is 204. The van der Waals surface area contributed by atoms with Gasteiger partial charge in [-0.3, -0.25) is 0 Å². The fourth-order valence-corrected chi connectivity index (χ4v) is 5.04. The van der Waals surface area contributed by atoms with E-state index in [-0.39, 0.29) is 18.6 Å². The summed E-state index contributed by atoms with van der Waals surface area (Å²) >= 11 is 0. The van der Waals surface area contributed by atoms with Crippen LogP contribution in [0.15, 0.2) is 12.2 Å². The summed E-state index contributed by atoms with van der Waals surface area (Å²) in [6.07, 6.45) is 0.0246. The van der Waals surface area contributed by atoms with Crippen molar-refractivity contribution in [3.05, 3.63) is 12.2 Å². The van der Waals surface area contributed by atoms with Crippen LogP contribution in [-0.2, 0) is 4.43 Å². The molecule has 96 valence electrons. The Morgan fingerprint density at radius 3 is 1.94 bits per heavy atom. The van der Waals surface area contributed by atoms with Crippen molar-refractivity contribution >= 4 is 8.32 Å². The first kappa shape index (κ1) is 15.9. The van der Waals surface area contributed by atoms with Crippen LogP contribution in [0.2, 0.25) is 18.1 Å². The van der Waals surface area contributed by atoms with E-state index in [0.717, 1.165) is 23.7 Å². The van der Waals surface area contributed by atoms with Crippen LogP contribution in [-0.4, -0.2) is 26.1 Å². The molecule has 16 heavy (non-hydrogen) atoms. The molecule has 2 nitrogen and oxygen atoms in total. The van der Waals surface area contributed by atoms with Gasteiger partial charge in [0.15, 0.2) is 8.32 Å². The molecule has 0 aliphatic rings. The Morgan fingerprint density at radius 1 is 1.25 bits per heavy atom. The van der Waals surface area contributed by atoms with Gasteiger partial charge >= 0.3 is 0 Å². The standard InChI is InChI=1S/C13H28O2Si/c1-7-16(8-2,9-3)15-13(11(4)5)12(6)10-14/h12-14H,4,7-10H2,1-3,5-6H3/t12-,13-/m0/s1. The summed E-state index contributed by atoms with van der Waals surface area (Å²) in [6.45, 7) is 14.8. The molecule has 0 fully saturated rings. The topological polar surface area (TPSA) is 29.5 Å². The molecule has 3 heteroatoms. The molecular weight excluding hydrogens is 216 g/mol. The highest BCUT2D eigenvalue weighted by Crippen LogP contribution is 2.28. The first-order chi connectivity index (χ1) is 7.46. The lowest BCUT2D eigenvalue weighted by Gasteiger charge is -2.36. The molecule has 0 amide bonds. The molecule has 0 aromatic heterocycles. The highest BCUT2D eigenvalue weighted by Gasteiger charge is 2.33. The Morgan fingerprint density at radius 2 is 1.69 bits per heavy atom. The molecule has 0 rings (SSSR count). The third kappa shape index (κ3) is 4.04. The summed E-state index contributed by atoms with van der Waals surface area (Å²) in [5.41, 5.74) is 1.04. The van der Waals surface area contributed by atoms with Gasteiger partial charge in [-0.15, -0.1) is 0 Å². The van der Waals surface area contributed by atoms with Gasteiger partial charge in [0, 0.05) is 12.5 Å².